The van der Waals surface area contributed by atoms with Gasteiger partial charge in [0.25, 0.3) is 5.91 Å². The molecule has 0 saturated heterocycles. The van der Waals surface area contributed by atoms with Gasteiger partial charge in [-0.25, -0.2) is 4.79 Å². The molecule has 0 radical (unpaired) electrons. The lowest BCUT2D eigenvalue weighted by Gasteiger charge is -2.14. The molecular weight excluding hydrogens is 370 g/mol. The lowest BCUT2D eigenvalue weighted by molar-refractivity contribution is -0.117. The van der Waals surface area contributed by atoms with Crippen LogP contribution >= 0.6 is 0 Å². The molecule has 1 amide bonds. The van der Waals surface area contributed by atoms with Gasteiger partial charge < -0.3 is 20.1 Å². The highest BCUT2D eigenvalue weighted by atomic mass is 16.5. The van der Waals surface area contributed by atoms with Crippen LogP contribution in [0.3, 0.4) is 0 Å². The molecule has 0 aliphatic heterocycles. The molecule has 29 heavy (non-hydrogen) atoms. The van der Waals surface area contributed by atoms with Crippen LogP contribution in [0.4, 0.5) is 0 Å². The van der Waals surface area contributed by atoms with Crippen LogP contribution in [0.15, 0.2) is 60.3 Å². The molecule has 150 valence electrons. The molecule has 0 bridgehead atoms. The zero-order valence-corrected chi connectivity index (χ0v) is 16.6. The zero-order chi connectivity index (χ0) is 21.2. The highest BCUT2D eigenvalue weighted by Crippen LogP contribution is 2.17. The minimum absolute atomic E-state index is 0.0310. The van der Waals surface area contributed by atoms with Crippen molar-refractivity contribution in [1.82, 2.24) is 10.6 Å². The van der Waals surface area contributed by atoms with Gasteiger partial charge in [0.2, 0.25) is 0 Å². The van der Waals surface area contributed by atoms with Crippen molar-refractivity contribution in [3.8, 4) is 11.8 Å². The maximum absolute atomic E-state index is 12.4. The average Bonchev–Trinajstić information content (AvgIpc) is 2.76. The monoisotopic (exact) mass is 393 g/mol. The number of nitriles is 1. The number of esters is 1. The van der Waals surface area contributed by atoms with Crippen molar-refractivity contribution in [1.29, 1.82) is 5.26 Å². The number of carbonyl (C=O) groups is 2. The third-order valence-corrected chi connectivity index (χ3v) is 4.26. The highest BCUT2D eigenvalue weighted by molar-refractivity contribution is 5.97. The fourth-order valence-electron chi connectivity index (χ4n) is 2.55. The smallest absolute Gasteiger partial charge is 0.337 e. The second kappa shape index (κ2) is 10.5. The number of carbonyl (C=O) groups excluding carboxylic acids is 2. The summed E-state index contributed by atoms with van der Waals surface area (Å²) in [5, 5.41) is 15.0. The lowest BCUT2D eigenvalue weighted by Crippen LogP contribution is -2.28. The van der Waals surface area contributed by atoms with E-state index in [2.05, 4.69) is 15.4 Å². The van der Waals surface area contributed by atoms with Gasteiger partial charge in [-0.2, -0.15) is 5.26 Å². The second-order valence-corrected chi connectivity index (χ2v) is 6.21. The molecule has 2 aromatic rings. The van der Waals surface area contributed by atoms with E-state index >= 15 is 0 Å². The predicted molar refractivity (Wildman–Crippen MR) is 108 cm³/mol. The number of nitrogens with one attached hydrogen (secondary N) is 2. The SMILES string of the molecule is COC(=O)c1ccc(CN/C=C(/C#N)C(=O)NC(C)c2ccc(OC)cc2)cc1. The molecule has 0 fully saturated rings. The number of methoxy groups -OCH3 is 2. The van der Waals surface area contributed by atoms with E-state index < -0.39 is 11.9 Å². The first-order valence-corrected chi connectivity index (χ1v) is 8.94. The number of nitrogens with zero attached hydrogens (tertiary/aromatic N) is 1. The Morgan fingerprint density at radius 2 is 1.76 bits per heavy atom. The molecule has 2 N–H and O–H groups in total. The minimum atomic E-state index is -0.468. The summed E-state index contributed by atoms with van der Waals surface area (Å²) in [4.78, 5) is 23.8. The maximum atomic E-state index is 12.4. The summed E-state index contributed by atoms with van der Waals surface area (Å²) in [7, 11) is 2.91. The van der Waals surface area contributed by atoms with Crippen molar-refractivity contribution >= 4 is 11.9 Å². The average molecular weight is 393 g/mol. The summed E-state index contributed by atoms with van der Waals surface area (Å²) in [5.41, 5.74) is 2.21. The van der Waals surface area contributed by atoms with E-state index in [0.717, 1.165) is 16.9 Å². The van der Waals surface area contributed by atoms with Gasteiger partial charge in [-0.15, -0.1) is 0 Å². The van der Waals surface area contributed by atoms with Crippen LogP contribution in [-0.2, 0) is 16.1 Å². The van der Waals surface area contributed by atoms with Crippen molar-refractivity contribution in [3.63, 3.8) is 0 Å². The van der Waals surface area contributed by atoms with Gasteiger partial charge in [0, 0.05) is 12.7 Å². The summed E-state index contributed by atoms with van der Waals surface area (Å²) in [6.07, 6.45) is 1.38. The third-order valence-electron chi connectivity index (χ3n) is 4.26. The minimum Gasteiger partial charge on any atom is -0.497 e. The summed E-state index contributed by atoms with van der Waals surface area (Å²) in [5.74, 6) is -0.142. The largest absolute Gasteiger partial charge is 0.497 e. The second-order valence-electron chi connectivity index (χ2n) is 6.21. The molecule has 7 heteroatoms. The van der Waals surface area contributed by atoms with Crippen molar-refractivity contribution < 1.29 is 19.1 Å². The predicted octanol–water partition coefficient (Wildman–Crippen LogP) is 2.86. The Morgan fingerprint density at radius 3 is 2.31 bits per heavy atom. The number of ether oxygens (including phenoxy) is 2. The van der Waals surface area contributed by atoms with Gasteiger partial charge in [0.15, 0.2) is 0 Å². The number of amides is 1. The van der Waals surface area contributed by atoms with Crippen LogP contribution in [-0.4, -0.2) is 26.1 Å². The van der Waals surface area contributed by atoms with Crippen LogP contribution in [0, 0.1) is 11.3 Å². The fourth-order valence-corrected chi connectivity index (χ4v) is 2.55. The van der Waals surface area contributed by atoms with Crippen molar-refractivity contribution in [2.24, 2.45) is 0 Å². The summed E-state index contributed by atoms with van der Waals surface area (Å²) in [6.45, 7) is 2.24. The van der Waals surface area contributed by atoms with E-state index in [9.17, 15) is 14.9 Å². The van der Waals surface area contributed by atoms with Gasteiger partial charge >= 0.3 is 5.97 Å². The molecule has 1 unspecified atom stereocenters. The first-order chi connectivity index (χ1) is 14.0. The van der Waals surface area contributed by atoms with Crippen LogP contribution in [0.2, 0.25) is 0 Å². The van der Waals surface area contributed by atoms with Gasteiger partial charge in [-0.3, -0.25) is 4.79 Å². The maximum Gasteiger partial charge on any atom is 0.337 e. The Morgan fingerprint density at radius 1 is 1.10 bits per heavy atom. The van der Waals surface area contributed by atoms with Gasteiger partial charge in [0.05, 0.1) is 25.8 Å². The molecular formula is C22H23N3O4. The standard InChI is InChI=1S/C22H23N3O4/c1-15(17-8-10-20(28-2)11-9-17)25-21(26)19(12-23)14-24-13-16-4-6-18(7-5-16)22(27)29-3/h4-11,14-15,24H,13H2,1-3H3,(H,25,26)/b19-14-. The topological polar surface area (TPSA) is 100 Å². The molecule has 0 aliphatic rings. The number of rotatable bonds is 8. The normalized spacial score (nSPS) is 11.7. The van der Waals surface area contributed by atoms with Crippen LogP contribution < -0.4 is 15.4 Å². The Labute approximate surface area is 169 Å². The number of hydrogen-bond acceptors (Lipinski definition) is 6. The van der Waals surface area contributed by atoms with E-state index in [1.165, 1.54) is 13.3 Å². The molecule has 0 saturated carbocycles. The van der Waals surface area contributed by atoms with E-state index in [1.807, 2.05) is 37.3 Å². The summed E-state index contributed by atoms with van der Waals surface area (Å²) in [6, 6.07) is 15.8. The van der Waals surface area contributed by atoms with E-state index in [4.69, 9.17) is 4.74 Å². The lowest BCUT2D eigenvalue weighted by atomic mass is 10.1. The molecule has 2 rings (SSSR count). The van der Waals surface area contributed by atoms with Crippen molar-refractivity contribution in [2.45, 2.75) is 19.5 Å². The van der Waals surface area contributed by atoms with Gasteiger partial charge in [-0.1, -0.05) is 24.3 Å². The Hall–Kier alpha value is -3.79. The third kappa shape index (κ3) is 6.11. The van der Waals surface area contributed by atoms with Crippen molar-refractivity contribution in [3.05, 3.63) is 77.0 Å². The molecule has 0 aliphatic carbocycles. The molecule has 0 heterocycles. The molecule has 0 aromatic heterocycles. The highest BCUT2D eigenvalue weighted by Gasteiger charge is 2.14. The van der Waals surface area contributed by atoms with E-state index in [1.54, 1.807) is 31.4 Å². The Bertz CT molecular complexity index is 913. The summed E-state index contributed by atoms with van der Waals surface area (Å²) < 4.78 is 9.77. The quantitative estimate of drug-likeness (QED) is 0.406. The van der Waals surface area contributed by atoms with Crippen LogP contribution in [0.5, 0.6) is 5.75 Å². The Kier molecular flexibility index (Phi) is 7.80. The van der Waals surface area contributed by atoms with Gasteiger partial charge in [0.1, 0.15) is 17.4 Å². The van der Waals surface area contributed by atoms with Crippen LogP contribution in [0.25, 0.3) is 0 Å². The van der Waals surface area contributed by atoms with Crippen molar-refractivity contribution in [2.75, 3.05) is 14.2 Å². The van der Waals surface area contributed by atoms with E-state index in [-0.39, 0.29) is 11.6 Å². The number of hydrogen-bond donors (Lipinski definition) is 2. The van der Waals surface area contributed by atoms with Gasteiger partial charge in [-0.05, 0) is 42.3 Å². The first-order valence-electron chi connectivity index (χ1n) is 8.94. The summed E-state index contributed by atoms with van der Waals surface area (Å²) >= 11 is 0. The molecule has 7 nitrogen and oxygen atoms in total. The van der Waals surface area contributed by atoms with E-state index in [0.29, 0.717) is 12.1 Å². The van der Waals surface area contributed by atoms with Crippen LogP contribution in [0.1, 0.15) is 34.5 Å². The first kappa shape index (κ1) is 21.5. The fraction of sp³-hybridized carbons (Fsp3) is 0.227. The zero-order valence-electron chi connectivity index (χ0n) is 16.6. The number of benzene rings is 2. The Balaban J connectivity index is 1.93. The molecule has 2 aromatic carbocycles. The molecule has 1 atom stereocenters. The molecule has 0 spiro atoms.